The number of nitrogens with one attached hydrogen (secondary N) is 1. The summed E-state index contributed by atoms with van der Waals surface area (Å²) >= 11 is 18.8. The van der Waals surface area contributed by atoms with Crippen LogP contribution in [0.25, 0.3) is 0 Å². The maximum Gasteiger partial charge on any atom is 0.264 e. The van der Waals surface area contributed by atoms with Gasteiger partial charge in [0, 0.05) is 34.2 Å². The summed E-state index contributed by atoms with van der Waals surface area (Å²) < 4.78 is 34.2. The van der Waals surface area contributed by atoms with E-state index in [-0.39, 0.29) is 23.5 Å². The molecule has 0 spiro atoms. The lowest BCUT2D eigenvalue weighted by Crippen LogP contribution is -2.51. The van der Waals surface area contributed by atoms with Crippen LogP contribution in [0.4, 0.5) is 5.69 Å². The van der Waals surface area contributed by atoms with Gasteiger partial charge in [-0.1, -0.05) is 47.8 Å². The van der Waals surface area contributed by atoms with Crippen molar-refractivity contribution >= 4 is 62.3 Å². The van der Waals surface area contributed by atoms with E-state index in [9.17, 15) is 18.0 Å². The van der Waals surface area contributed by atoms with Crippen LogP contribution in [0.3, 0.4) is 0 Å². The quantitative estimate of drug-likeness (QED) is 0.274. The van der Waals surface area contributed by atoms with Crippen molar-refractivity contribution in [2.45, 2.75) is 37.8 Å². The zero-order valence-corrected chi connectivity index (χ0v) is 25.3. The number of amides is 2. The van der Waals surface area contributed by atoms with Gasteiger partial charge >= 0.3 is 0 Å². The van der Waals surface area contributed by atoms with E-state index in [0.29, 0.717) is 33.0 Å². The van der Waals surface area contributed by atoms with E-state index in [1.54, 1.807) is 49.4 Å². The van der Waals surface area contributed by atoms with Crippen LogP contribution in [0.1, 0.15) is 25.8 Å². The summed E-state index contributed by atoms with van der Waals surface area (Å²) in [5.41, 5.74) is 0.671. The maximum atomic E-state index is 14.0. The SMILES string of the molecule is CCOc1ccc(N(CC(=O)N(Cc2c(Cl)cccc2Cl)C(CC)C(=O)NC)S(=O)(=O)c2ccc(Cl)cc2)cc1. The molecule has 3 aromatic rings. The fourth-order valence-corrected chi connectivity index (χ4v) is 6.13. The molecule has 0 radical (unpaired) electrons. The van der Waals surface area contributed by atoms with Crippen molar-refractivity contribution in [2.75, 3.05) is 24.5 Å². The molecule has 0 aromatic heterocycles. The Morgan fingerprint density at radius 3 is 2.05 bits per heavy atom. The van der Waals surface area contributed by atoms with Crippen molar-refractivity contribution in [3.8, 4) is 5.75 Å². The summed E-state index contributed by atoms with van der Waals surface area (Å²) in [4.78, 5) is 28.0. The number of hydrogen-bond donors (Lipinski definition) is 1. The molecule has 0 fully saturated rings. The summed E-state index contributed by atoms with van der Waals surface area (Å²) in [7, 11) is -2.77. The van der Waals surface area contributed by atoms with Gasteiger partial charge < -0.3 is 15.0 Å². The van der Waals surface area contributed by atoms with E-state index in [1.807, 2.05) is 6.92 Å². The number of hydrogen-bond acceptors (Lipinski definition) is 5. The topological polar surface area (TPSA) is 96.0 Å². The summed E-state index contributed by atoms with van der Waals surface area (Å²) in [5, 5.41) is 3.56. The Kier molecular flexibility index (Phi) is 11.1. The molecular formula is C28H30Cl3N3O5S. The number of ether oxygens (including phenoxy) is 1. The smallest absolute Gasteiger partial charge is 0.264 e. The number of sulfonamides is 1. The minimum Gasteiger partial charge on any atom is -0.494 e. The van der Waals surface area contributed by atoms with Crippen molar-refractivity contribution in [3.05, 3.63) is 87.4 Å². The third-order valence-electron chi connectivity index (χ3n) is 6.14. The van der Waals surface area contributed by atoms with Crippen LogP contribution >= 0.6 is 34.8 Å². The molecule has 0 saturated heterocycles. The summed E-state index contributed by atoms with van der Waals surface area (Å²) in [6.07, 6.45) is 0.264. The highest BCUT2D eigenvalue weighted by Gasteiger charge is 2.34. The second kappa shape index (κ2) is 14.1. The minimum absolute atomic E-state index is 0.0578. The van der Waals surface area contributed by atoms with E-state index < -0.39 is 34.4 Å². The van der Waals surface area contributed by atoms with Gasteiger partial charge in [-0.25, -0.2) is 8.42 Å². The third-order valence-corrected chi connectivity index (χ3v) is 8.89. The molecule has 3 aromatic carbocycles. The normalized spacial score (nSPS) is 11.9. The first-order valence-corrected chi connectivity index (χ1v) is 15.1. The Morgan fingerprint density at radius 2 is 1.52 bits per heavy atom. The summed E-state index contributed by atoms with van der Waals surface area (Å²) in [6, 6.07) is 16.0. The number of halogens is 3. The second-order valence-electron chi connectivity index (χ2n) is 8.65. The molecule has 0 aliphatic carbocycles. The van der Waals surface area contributed by atoms with Crippen LogP contribution in [0.2, 0.25) is 15.1 Å². The Hall–Kier alpha value is -2.98. The fraction of sp³-hybridized carbons (Fsp3) is 0.286. The Bertz CT molecular complexity index is 1410. The predicted molar refractivity (Wildman–Crippen MR) is 159 cm³/mol. The molecule has 0 saturated carbocycles. The zero-order chi connectivity index (χ0) is 29.4. The highest BCUT2D eigenvalue weighted by molar-refractivity contribution is 7.92. The average Bonchev–Trinajstić information content (AvgIpc) is 2.93. The van der Waals surface area contributed by atoms with Gasteiger partial charge in [0.25, 0.3) is 10.0 Å². The predicted octanol–water partition coefficient (Wildman–Crippen LogP) is 5.79. The highest BCUT2D eigenvalue weighted by Crippen LogP contribution is 2.30. The molecule has 0 aliphatic rings. The fourth-order valence-electron chi connectivity index (χ4n) is 4.08. The Labute approximate surface area is 249 Å². The molecule has 1 atom stereocenters. The number of carbonyl (C=O) groups is 2. The molecular weight excluding hydrogens is 597 g/mol. The molecule has 8 nitrogen and oxygen atoms in total. The van der Waals surface area contributed by atoms with E-state index in [1.165, 1.54) is 36.2 Å². The molecule has 0 bridgehead atoms. The molecule has 0 heterocycles. The molecule has 2 amide bonds. The van der Waals surface area contributed by atoms with Gasteiger partial charge in [-0.15, -0.1) is 0 Å². The van der Waals surface area contributed by atoms with Gasteiger partial charge in [-0.3, -0.25) is 13.9 Å². The standard InChI is InChI=1S/C28H30Cl3N3O5S/c1-4-26(28(36)32-3)33(17-23-24(30)7-6-8-25(23)31)27(35)18-34(20-11-13-21(14-12-20)39-5-2)40(37,38)22-15-9-19(29)10-16-22/h6-16,26H,4-5,17-18H2,1-3H3,(H,32,36). The van der Waals surface area contributed by atoms with Crippen LogP contribution in [0, 0.1) is 0 Å². The van der Waals surface area contributed by atoms with E-state index in [2.05, 4.69) is 5.32 Å². The molecule has 1 N–H and O–H groups in total. The first-order valence-electron chi connectivity index (χ1n) is 12.5. The monoisotopic (exact) mass is 625 g/mol. The molecule has 0 aliphatic heterocycles. The first-order chi connectivity index (χ1) is 19.0. The lowest BCUT2D eigenvalue weighted by atomic mass is 10.1. The zero-order valence-electron chi connectivity index (χ0n) is 22.2. The van der Waals surface area contributed by atoms with E-state index >= 15 is 0 Å². The highest BCUT2D eigenvalue weighted by atomic mass is 35.5. The van der Waals surface area contributed by atoms with Crippen LogP contribution in [-0.4, -0.2) is 51.4 Å². The average molecular weight is 627 g/mol. The second-order valence-corrected chi connectivity index (χ2v) is 11.8. The van der Waals surface area contributed by atoms with Gasteiger partial charge in [0.15, 0.2) is 0 Å². The van der Waals surface area contributed by atoms with Crippen LogP contribution in [0.15, 0.2) is 71.6 Å². The van der Waals surface area contributed by atoms with Gasteiger partial charge in [0.1, 0.15) is 18.3 Å². The third kappa shape index (κ3) is 7.40. The van der Waals surface area contributed by atoms with Gasteiger partial charge in [-0.05, 0) is 74.0 Å². The molecule has 214 valence electrons. The largest absolute Gasteiger partial charge is 0.494 e. The van der Waals surface area contributed by atoms with E-state index in [4.69, 9.17) is 39.5 Å². The number of anilines is 1. The number of likely N-dealkylation sites (N-methyl/N-ethyl adjacent to an activating group) is 1. The Balaban J connectivity index is 2.09. The van der Waals surface area contributed by atoms with Gasteiger partial charge in [-0.2, -0.15) is 0 Å². The van der Waals surface area contributed by atoms with Crippen LogP contribution in [0.5, 0.6) is 5.75 Å². The van der Waals surface area contributed by atoms with E-state index in [0.717, 1.165) is 4.31 Å². The van der Waals surface area contributed by atoms with Gasteiger partial charge in [0.05, 0.1) is 17.2 Å². The molecule has 40 heavy (non-hydrogen) atoms. The number of carbonyl (C=O) groups excluding carboxylic acids is 2. The number of benzene rings is 3. The summed E-state index contributed by atoms with van der Waals surface area (Å²) in [5.74, 6) is -0.493. The lowest BCUT2D eigenvalue weighted by Gasteiger charge is -2.33. The van der Waals surface area contributed by atoms with Crippen LogP contribution < -0.4 is 14.4 Å². The molecule has 12 heteroatoms. The van der Waals surface area contributed by atoms with Crippen LogP contribution in [-0.2, 0) is 26.2 Å². The van der Waals surface area contributed by atoms with Crippen molar-refractivity contribution < 1.29 is 22.7 Å². The van der Waals surface area contributed by atoms with Crippen molar-refractivity contribution in [1.29, 1.82) is 0 Å². The van der Waals surface area contributed by atoms with Gasteiger partial charge in [0.2, 0.25) is 11.8 Å². The maximum absolute atomic E-state index is 14.0. The minimum atomic E-state index is -4.24. The summed E-state index contributed by atoms with van der Waals surface area (Å²) in [6.45, 7) is 3.31. The van der Waals surface area contributed by atoms with Crippen molar-refractivity contribution in [2.24, 2.45) is 0 Å². The molecule has 3 rings (SSSR count). The Morgan fingerprint density at radius 1 is 0.925 bits per heavy atom. The van der Waals surface area contributed by atoms with Crippen molar-refractivity contribution in [1.82, 2.24) is 10.2 Å². The first kappa shape index (κ1) is 31.5. The molecule has 1 unspecified atom stereocenters. The number of rotatable bonds is 12. The number of nitrogens with zero attached hydrogens (tertiary/aromatic N) is 2. The van der Waals surface area contributed by atoms with Crippen molar-refractivity contribution in [3.63, 3.8) is 0 Å². The lowest BCUT2D eigenvalue weighted by molar-refractivity contribution is -0.140.